The molecular formula is C18H19N3O3. The quantitative estimate of drug-likeness (QED) is 0.723. The molecule has 0 saturated heterocycles. The van der Waals surface area contributed by atoms with E-state index in [0.717, 1.165) is 0 Å². The lowest BCUT2D eigenvalue weighted by Gasteiger charge is -2.17. The lowest BCUT2D eigenvalue weighted by Crippen LogP contribution is -2.24. The van der Waals surface area contributed by atoms with Gasteiger partial charge >= 0.3 is 0 Å². The number of aromatic hydroxyl groups is 1. The molecule has 1 heterocycles. The van der Waals surface area contributed by atoms with Gasteiger partial charge in [0.1, 0.15) is 11.3 Å². The number of methoxy groups -OCH3 is 1. The molecule has 0 aliphatic rings. The fourth-order valence-electron chi connectivity index (χ4n) is 2.69. The molecule has 3 rings (SSSR count). The summed E-state index contributed by atoms with van der Waals surface area (Å²) in [6.45, 7) is 3.91. The minimum Gasteiger partial charge on any atom is -0.504 e. The minimum atomic E-state index is -0.216. The number of rotatable bonds is 3. The Labute approximate surface area is 139 Å². The summed E-state index contributed by atoms with van der Waals surface area (Å²) in [4.78, 5) is 17.7. The molecule has 0 saturated carbocycles. The molecule has 0 bridgehead atoms. The highest BCUT2D eigenvalue weighted by atomic mass is 16.5. The monoisotopic (exact) mass is 325 g/mol. The number of fused-ring (bicyclic) bond motifs is 1. The highest BCUT2D eigenvalue weighted by Gasteiger charge is 2.19. The average Bonchev–Trinajstić information content (AvgIpc) is 2.55. The zero-order valence-corrected chi connectivity index (χ0v) is 13.8. The number of nitrogens with zero attached hydrogens (tertiary/aromatic N) is 2. The lowest BCUT2D eigenvalue weighted by atomic mass is 10.1. The largest absolute Gasteiger partial charge is 0.504 e. The van der Waals surface area contributed by atoms with E-state index in [9.17, 15) is 9.90 Å². The van der Waals surface area contributed by atoms with E-state index < -0.39 is 0 Å². The smallest absolute Gasteiger partial charge is 0.266 e. The van der Waals surface area contributed by atoms with Crippen LogP contribution in [0.3, 0.4) is 0 Å². The Morgan fingerprint density at radius 1 is 1.17 bits per heavy atom. The predicted octanol–water partition coefficient (Wildman–Crippen LogP) is 2.81. The molecule has 0 amide bonds. The molecule has 0 atom stereocenters. The van der Waals surface area contributed by atoms with E-state index in [1.54, 1.807) is 34.9 Å². The second kappa shape index (κ2) is 5.88. The second-order valence-corrected chi connectivity index (χ2v) is 5.87. The molecule has 24 heavy (non-hydrogen) atoms. The van der Waals surface area contributed by atoms with Crippen LogP contribution in [0.1, 0.15) is 25.6 Å². The van der Waals surface area contributed by atoms with Crippen LogP contribution < -0.4 is 16.0 Å². The second-order valence-electron chi connectivity index (χ2n) is 5.87. The zero-order chi connectivity index (χ0) is 17.4. The first-order valence-corrected chi connectivity index (χ1v) is 7.62. The predicted molar refractivity (Wildman–Crippen MR) is 94.1 cm³/mol. The van der Waals surface area contributed by atoms with Gasteiger partial charge < -0.3 is 15.6 Å². The normalized spacial score (nSPS) is 11.2. The summed E-state index contributed by atoms with van der Waals surface area (Å²) in [5, 5.41) is 10.3. The van der Waals surface area contributed by atoms with Crippen LogP contribution in [0.5, 0.6) is 11.5 Å². The van der Waals surface area contributed by atoms with Gasteiger partial charge in [0.2, 0.25) is 0 Å². The van der Waals surface area contributed by atoms with E-state index in [1.165, 1.54) is 13.2 Å². The van der Waals surface area contributed by atoms with Crippen molar-refractivity contribution in [1.29, 1.82) is 0 Å². The van der Waals surface area contributed by atoms with Crippen molar-refractivity contribution in [3.05, 3.63) is 52.6 Å². The fourth-order valence-corrected chi connectivity index (χ4v) is 2.69. The molecule has 6 heteroatoms. The Balaban J connectivity index is 2.43. The third-order valence-electron chi connectivity index (χ3n) is 3.87. The van der Waals surface area contributed by atoms with Crippen LogP contribution in [-0.4, -0.2) is 21.8 Å². The number of ether oxygens (including phenoxy) is 1. The maximum Gasteiger partial charge on any atom is 0.266 e. The lowest BCUT2D eigenvalue weighted by molar-refractivity contribution is 0.377. The van der Waals surface area contributed by atoms with Crippen molar-refractivity contribution in [2.45, 2.75) is 19.8 Å². The van der Waals surface area contributed by atoms with Crippen molar-refractivity contribution < 1.29 is 9.84 Å². The van der Waals surface area contributed by atoms with Gasteiger partial charge in [-0.05, 0) is 36.4 Å². The highest BCUT2D eigenvalue weighted by molar-refractivity contribution is 5.86. The molecule has 0 spiro atoms. The van der Waals surface area contributed by atoms with Gasteiger partial charge in [-0.3, -0.25) is 9.36 Å². The first-order chi connectivity index (χ1) is 11.4. The summed E-state index contributed by atoms with van der Waals surface area (Å²) in [6, 6.07) is 10.1. The van der Waals surface area contributed by atoms with Gasteiger partial charge in [-0.15, -0.1) is 0 Å². The molecule has 3 aromatic rings. The summed E-state index contributed by atoms with van der Waals surface area (Å²) in [6.07, 6.45) is 0. The van der Waals surface area contributed by atoms with Crippen molar-refractivity contribution in [1.82, 2.24) is 9.55 Å². The number of hydrogen-bond donors (Lipinski definition) is 2. The van der Waals surface area contributed by atoms with Crippen LogP contribution in [0, 0.1) is 0 Å². The molecule has 1 aromatic heterocycles. The van der Waals surface area contributed by atoms with Gasteiger partial charge in [-0.1, -0.05) is 13.8 Å². The summed E-state index contributed by atoms with van der Waals surface area (Å²) >= 11 is 0. The molecule has 0 fully saturated rings. The third-order valence-corrected chi connectivity index (χ3v) is 3.87. The summed E-state index contributed by atoms with van der Waals surface area (Å²) in [5.74, 6) is 0.737. The Kier molecular flexibility index (Phi) is 3.89. The van der Waals surface area contributed by atoms with Crippen LogP contribution in [0.25, 0.3) is 16.6 Å². The molecule has 0 radical (unpaired) electrons. The van der Waals surface area contributed by atoms with Gasteiger partial charge in [0.05, 0.1) is 18.2 Å². The van der Waals surface area contributed by atoms with Crippen molar-refractivity contribution in [3.8, 4) is 17.2 Å². The van der Waals surface area contributed by atoms with E-state index in [2.05, 4.69) is 4.98 Å². The highest BCUT2D eigenvalue weighted by Crippen LogP contribution is 2.33. The van der Waals surface area contributed by atoms with Crippen molar-refractivity contribution in [3.63, 3.8) is 0 Å². The number of anilines is 1. The molecule has 0 unspecified atom stereocenters. The Morgan fingerprint density at radius 2 is 1.83 bits per heavy atom. The number of phenols is 1. The van der Waals surface area contributed by atoms with E-state index in [1.807, 2.05) is 13.8 Å². The number of benzene rings is 2. The van der Waals surface area contributed by atoms with Gasteiger partial charge in [0.15, 0.2) is 11.5 Å². The third kappa shape index (κ3) is 2.46. The van der Waals surface area contributed by atoms with Crippen LogP contribution in [-0.2, 0) is 0 Å². The van der Waals surface area contributed by atoms with Crippen LogP contribution >= 0.6 is 0 Å². The standard InChI is InChI=1S/C18H19N3O3/c1-10(2)17-20-15-13(8-9-14(22)16(15)24-3)18(23)21(17)12-6-4-11(19)5-7-12/h4-10,22H,19H2,1-3H3. The maximum absolute atomic E-state index is 13.1. The van der Waals surface area contributed by atoms with E-state index in [4.69, 9.17) is 10.5 Å². The number of aromatic nitrogens is 2. The van der Waals surface area contributed by atoms with Gasteiger partial charge in [0.25, 0.3) is 5.56 Å². The topological polar surface area (TPSA) is 90.4 Å². The number of hydrogen-bond acceptors (Lipinski definition) is 5. The van der Waals surface area contributed by atoms with E-state index >= 15 is 0 Å². The molecule has 6 nitrogen and oxygen atoms in total. The summed E-state index contributed by atoms with van der Waals surface area (Å²) in [5.41, 5.74) is 7.20. The number of nitrogens with two attached hydrogens (primary N) is 1. The Morgan fingerprint density at radius 3 is 2.42 bits per heavy atom. The first-order valence-electron chi connectivity index (χ1n) is 7.62. The molecular weight excluding hydrogens is 306 g/mol. The van der Waals surface area contributed by atoms with Crippen molar-refractivity contribution in [2.75, 3.05) is 12.8 Å². The molecule has 0 aliphatic carbocycles. The number of nitrogen functional groups attached to an aromatic ring is 1. The molecule has 0 aliphatic heterocycles. The van der Waals surface area contributed by atoms with E-state index in [-0.39, 0.29) is 23.0 Å². The Bertz CT molecular complexity index is 960. The summed E-state index contributed by atoms with van der Waals surface area (Å²) in [7, 11) is 1.44. The first kappa shape index (κ1) is 15.9. The van der Waals surface area contributed by atoms with Crippen LogP contribution in [0.15, 0.2) is 41.2 Å². The maximum atomic E-state index is 13.1. The molecule has 124 valence electrons. The average molecular weight is 325 g/mol. The van der Waals surface area contributed by atoms with Crippen molar-refractivity contribution in [2.24, 2.45) is 0 Å². The minimum absolute atomic E-state index is 0.00768. The van der Waals surface area contributed by atoms with Gasteiger partial charge in [-0.2, -0.15) is 0 Å². The van der Waals surface area contributed by atoms with Gasteiger partial charge in [0, 0.05) is 11.6 Å². The van der Waals surface area contributed by atoms with E-state index in [0.29, 0.717) is 28.1 Å². The molecule has 3 N–H and O–H groups in total. The van der Waals surface area contributed by atoms with Crippen molar-refractivity contribution >= 4 is 16.6 Å². The van der Waals surface area contributed by atoms with Gasteiger partial charge in [-0.25, -0.2) is 4.98 Å². The molecule has 2 aromatic carbocycles. The Hall–Kier alpha value is -3.02. The van der Waals surface area contributed by atoms with Crippen LogP contribution in [0.2, 0.25) is 0 Å². The van der Waals surface area contributed by atoms with Crippen LogP contribution in [0.4, 0.5) is 5.69 Å². The fraction of sp³-hybridized carbons (Fsp3) is 0.222. The number of phenolic OH excluding ortho intramolecular Hbond substituents is 1. The summed E-state index contributed by atoms with van der Waals surface area (Å²) < 4.78 is 6.80. The SMILES string of the molecule is COc1c(O)ccc2c(=O)n(-c3ccc(N)cc3)c(C(C)C)nc12. The zero-order valence-electron chi connectivity index (χ0n) is 13.8.